The average Bonchev–Trinajstić information content (AvgIpc) is 2.62. The van der Waals surface area contributed by atoms with Crippen LogP contribution in [0.2, 0.25) is 5.02 Å². The molecule has 2 rings (SSSR count). The zero-order chi connectivity index (χ0) is 18.9. The van der Waals surface area contributed by atoms with E-state index in [1.807, 2.05) is 25.1 Å². The van der Waals surface area contributed by atoms with Gasteiger partial charge < -0.3 is 19.7 Å². The van der Waals surface area contributed by atoms with Crippen LogP contribution in [0.4, 0.5) is 10.5 Å². The third-order valence-electron chi connectivity index (χ3n) is 3.61. The standard InChI is InChI=1S/C20H23ClN2O3/c1-4-11-23(20(24)22-17-8-6-7-16(21)13-17)14-15-9-10-18(26-5-2)19(12-15)25-3/h4,6-10,12-13H,1,5,11,14H2,2-3H3,(H,22,24). The molecule has 0 aromatic heterocycles. The SMILES string of the molecule is C=CCN(Cc1ccc(OCC)c(OC)c1)C(=O)Nc1cccc(Cl)c1. The number of nitrogens with one attached hydrogen (secondary N) is 1. The number of carbonyl (C=O) groups excluding carboxylic acids is 1. The Hall–Kier alpha value is -2.66. The van der Waals surface area contributed by atoms with Crippen molar-refractivity contribution in [1.82, 2.24) is 4.90 Å². The summed E-state index contributed by atoms with van der Waals surface area (Å²) in [6, 6.07) is 12.4. The van der Waals surface area contributed by atoms with Gasteiger partial charge in [0.2, 0.25) is 0 Å². The zero-order valence-electron chi connectivity index (χ0n) is 15.0. The topological polar surface area (TPSA) is 50.8 Å². The van der Waals surface area contributed by atoms with Crippen molar-refractivity contribution < 1.29 is 14.3 Å². The van der Waals surface area contributed by atoms with Gasteiger partial charge >= 0.3 is 6.03 Å². The summed E-state index contributed by atoms with van der Waals surface area (Å²) in [6.07, 6.45) is 1.68. The lowest BCUT2D eigenvalue weighted by Crippen LogP contribution is -2.34. The second-order valence-electron chi connectivity index (χ2n) is 5.53. The van der Waals surface area contributed by atoms with Crippen molar-refractivity contribution in [3.63, 3.8) is 0 Å². The molecule has 2 aromatic rings. The van der Waals surface area contributed by atoms with Gasteiger partial charge in [-0.15, -0.1) is 6.58 Å². The first-order valence-corrected chi connectivity index (χ1v) is 8.67. The molecular formula is C20H23ClN2O3. The predicted molar refractivity (Wildman–Crippen MR) is 105 cm³/mol. The number of anilines is 1. The highest BCUT2D eigenvalue weighted by Crippen LogP contribution is 2.28. The Bertz CT molecular complexity index is 764. The summed E-state index contributed by atoms with van der Waals surface area (Å²) in [4.78, 5) is 14.3. The first-order chi connectivity index (χ1) is 12.6. The van der Waals surface area contributed by atoms with Gasteiger partial charge in [0, 0.05) is 23.8 Å². The van der Waals surface area contributed by atoms with Gasteiger partial charge in [-0.25, -0.2) is 4.79 Å². The number of urea groups is 1. The van der Waals surface area contributed by atoms with Gasteiger partial charge in [0.05, 0.1) is 13.7 Å². The molecule has 0 radical (unpaired) electrons. The minimum atomic E-state index is -0.236. The lowest BCUT2D eigenvalue weighted by molar-refractivity contribution is 0.215. The van der Waals surface area contributed by atoms with Crippen molar-refractivity contribution in [2.24, 2.45) is 0 Å². The van der Waals surface area contributed by atoms with Crippen LogP contribution in [-0.4, -0.2) is 31.2 Å². The number of benzene rings is 2. The summed E-state index contributed by atoms with van der Waals surface area (Å²) in [6.45, 7) is 7.01. The number of methoxy groups -OCH3 is 1. The van der Waals surface area contributed by atoms with E-state index < -0.39 is 0 Å². The molecule has 2 aromatic carbocycles. The maximum atomic E-state index is 12.6. The van der Waals surface area contributed by atoms with E-state index >= 15 is 0 Å². The van der Waals surface area contributed by atoms with Crippen LogP contribution in [0.3, 0.4) is 0 Å². The third-order valence-corrected chi connectivity index (χ3v) is 3.85. The molecule has 0 bridgehead atoms. The lowest BCUT2D eigenvalue weighted by Gasteiger charge is -2.22. The van der Waals surface area contributed by atoms with E-state index in [9.17, 15) is 4.79 Å². The van der Waals surface area contributed by atoms with Gasteiger partial charge in [-0.2, -0.15) is 0 Å². The number of ether oxygens (including phenoxy) is 2. The smallest absolute Gasteiger partial charge is 0.322 e. The minimum absolute atomic E-state index is 0.236. The fourth-order valence-electron chi connectivity index (χ4n) is 2.45. The molecule has 0 heterocycles. The summed E-state index contributed by atoms with van der Waals surface area (Å²) < 4.78 is 10.9. The molecule has 0 saturated heterocycles. The van der Waals surface area contributed by atoms with Crippen LogP contribution in [0.25, 0.3) is 0 Å². The van der Waals surface area contributed by atoms with Crippen LogP contribution in [-0.2, 0) is 6.54 Å². The second-order valence-corrected chi connectivity index (χ2v) is 5.96. The number of carbonyl (C=O) groups is 1. The fraction of sp³-hybridized carbons (Fsp3) is 0.250. The minimum Gasteiger partial charge on any atom is -0.493 e. The van der Waals surface area contributed by atoms with E-state index in [4.69, 9.17) is 21.1 Å². The number of amides is 2. The molecule has 0 aliphatic rings. The van der Waals surface area contributed by atoms with Gasteiger partial charge in [0.1, 0.15) is 0 Å². The van der Waals surface area contributed by atoms with Crippen LogP contribution >= 0.6 is 11.6 Å². The summed E-state index contributed by atoms with van der Waals surface area (Å²) in [5.74, 6) is 1.32. The predicted octanol–water partition coefficient (Wildman–Crippen LogP) is 4.97. The van der Waals surface area contributed by atoms with Crippen molar-refractivity contribution in [3.8, 4) is 11.5 Å². The molecule has 0 spiro atoms. The summed E-state index contributed by atoms with van der Waals surface area (Å²) in [5.41, 5.74) is 1.56. The van der Waals surface area contributed by atoms with Crippen molar-refractivity contribution in [2.75, 3.05) is 25.6 Å². The van der Waals surface area contributed by atoms with Crippen molar-refractivity contribution >= 4 is 23.3 Å². The first kappa shape index (κ1) is 19.7. The third kappa shape index (κ3) is 5.43. The van der Waals surface area contributed by atoms with Crippen molar-refractivity contribution in [3.05, 3.63) is 65.7 Å². The van der Waals surface area contributed by atoms with E-state index in [1.54, 1.807) is 42.4 Å². The van der Waals surface area contributed by atoms with Crippen LogP contribution < -0.4 is 14.8 Å². The number of hydrogen-bond acceptors (Lipinski definition) is 3. The Kier molecular flexibility index (Phi) is 7.36. The quantitative estimate of drug-likeness (QED) is 0.664. The molecule has 0 aliphatic heterocycles. The Morgan fingerprint density at radius 2 is 2.08 bits per heavy atom. The van der Waals surface area contributed by atoms with Gasteiger partial charge in [0.25, 0.3) is 0 Å². The van der Waals surface area contributed by atoms with Crippen LogP contribution in [0, 0.1) is 0 Å². The van der Waals surface area contributed by atoms with E-state index in [-0.39, 0.29) is 6.03 Å². The largest absolute Gasteiger partial charge is 0.493 e. The van der Waals surface area contributed by atoms with Crippen molar-refractivity contribution in [2.45, 2.75) is 13.5 Å². The van der Waals surface area contributed by atoms with Gasteiger partial charge in [0.15, 0.2) is 11.5 Å². The number of halogens is 1. The number of rotatable bonds is 8. The first-order valence-electron chi connectivity index (χ1n) is 8.29. The molecular weight excluding hydrogens is 352 g/mol. The zero-order valence-corrected chi connectivity index (χ0v) is 15.8. The van der Waals surface area contributed by atoms with Crippen molar-refractivity contribution in [1.29, 1.82) is 0 Å². The van der Waals surface area contributed by atoms with Gasteiger partial charge in [-0.05, 0) is 42.8 Å². The lowest BCUT2D eigenvalue weighted by atomic mass is 10.2. The summed E-state index contributed by atoms with van der Waals surface area (Å²) in [5, 5.41) is 3.41. The highest BCUT2D eigenvalue weighted by atomic mass is 35.5. The Balaban J connectivity index is 2.14. The molecule has 0 saturated carbocycles. The maximum Gasteiger partial charge on any atom is 0.322 e. The van der Waals surface area contributed by atoms with Gasteiger partial charge in [-0.3, -0.25) is 0 Å². The molecule has 1 N–H and O–H groups in total. The Labute approximate surface area is 159 Å². The van der Waals surface area contributed by atoms with Crippen LogP contribution in [0.1, 0.15) is 12.5 Å². The number of nitrogens with zero attached hydrogens (tertiary/aromatic N) is 1. The molecule has 26 heavy (non-hydrogen) atoms. The molecule has 6 heteroatoms. The van der Waals surface area contributed by atoms with Crippen LogP contribution in [0.5, 0.6) is 11.5 Å². The molecule has 0 aliphatic carbocycles. The molecule has 138 valence electrons. The van der Waals surface area contributed by atoms with E-state index in [2.05, 4.69) is 11.9 Å². The van der Waals surface area contributed by atoms with Gasteiger partial charge in [-0.1, -0.05) is 29.8 Å². The van der Waals surface area contributed by atoms with Crippen LogP contribution in [0.15, 0.2) is 55.1 Å². The highest BCUT2D eigenvalue weighted by Gasteiger charge is 2.14. The fourth-order valence-corrected chi connectivity index (χ4v) is 2.64. The normalized spacial score (nSPS) is 10.1. The van der Waals surface area contributed by atoms with E-state index in [0.29, 0.717) is 41.9 Å². The monoisotopic (exact) mass is 374 g/mol. The van der Waals surface area contributed by atoms with E-state index in [0.717, 1.165) is 5.56 Å². The summed E-state index contributed by atoms with van der Waals surface area (Å²) in [7, 11) is 1.59. The molecule has 0 fully saturated rings. The molecule has 0 atom stereocenters. The molecule has 0 unspecified atom stereocenters. The Morgan fingerprint density at radius 3 is 2.73 bits per heavy atom. The Morgan fingerprint density at radius 1 is 1.27 bits per heavy atom. The second kappa shape index (κ2) is 9.73. The highest BCUT2D eigenvalue weighted by molar-refractivity contribution is 6.30. The number of hydrogen-bond donors (Lipinski definition) is 1. The average molecular weight is 375 g/mol. The molecule has 2 amide bonds. The van der Waals surface area contributed by atoms with E-state index in [1.165, 1.54) is 0 Å². The maximum absolute atomic E-state index is 12.6. The molecule has 5 nitrogen and oxygen atoms in total. The summed E-state index contributed by atoms with van der Waals surface area (Å²) >= 11 is 5.97.